The van der Waals surface area contributed by atoms with Gasteiger partial charge in [-0.3, -0.25) is 9.69 Å². The maximum absolute atomic E-state index is 13.0. The van der Waals surface area contributed by atoms with Crippen molar-refractivity contribution in [3.05, 3.63) is 64.5 Å². The molecule has 4 rings (SSSR count). The van der Waals surface area contributed by atoms with E-state index in [4.69, 9.17) is 10.5 Å². The first kappa shape index (κ1) is 26.5. The number of ether oxygens (including phenoxy) is 1. The van der Waals surface area contributed by atoms with Gasteiger partial charge in [0.2, 0.25) is 5.78 Å². The summed E-state index contributed by atoms with van der Waals surface area (Å²) in [5, 5.41) is 3.43. The first-order valence-corrected chi connectivity index (χ1v) is 12.3. The van der Waals surface area contributed by atoms with Gasteiger partial charge in [-0.05, 0) is 62.3 Å². The van der Waals surface area contributed by atoms with Gasteiger partial charge in [0.15, 0.2) is 5.13 Å². The van der Waals surface area contributed by atoms with Crippen LogP contribution in [-0.2, 0) is 6.18 Å². The van der Waals surface area contributed by atoms with E-state index in [0.29, 0.717) is 17.4 Å². The third-order valence-electron chi connectivity index (χ3n) is 5.29. The number of carbonyl (C=O) groups excluding carboxylic acids is 1. The number of nitrogens with zero attached hydrogens (tertiary/aromatic N) is 2. The molecule has 0 atom stereocenters. The van der Waals surface area contributed by atoms with Crippen LogP contribution >= 0.6 is 11.3 Å². The number of rotatable bonds is 8. The average Bonchev–Trinajstić information content (AvgIpc) is 3.50. The molecule has 1 fully saturated rings. The summed E-state index contributed by atoms with van der Waals surface area (Å²) >= 11 is 0.988. The fourth-order valence-corrected chi connectivity index (χ4v) is 4.44. The number of nitrogen functional groups attached to an aromatic ring is 1. The largest absolute Gasteiger partial charge is 0.492 e. The van der Waals surface area contributed by atoms with E-state index < -0.39 is 17.5 Å². The second kappa shape index (κ2) is 12.0. The third-order valence-corrected chi connectivity index (χ3v) is 6.28. The van der Waals surface area contributed by atoms with Crippen molar-refractivity contribution >= 4 is 33.8 Å². The van der Waals surface area contributed by atoms with Gasteiger partial charge < -0.3 is 15.8 Å². The number of thiazole rings is 1. The first-order chi connectivity index (χ1) is 16.8. The molecule has 0 aliphatic carbocycles. The molecule has 0 saturated carbocycles. The lowest BCUT2D eigenvalue weighted by molar-refractivity contribution is -0.137. The number of nitrogens with one attached hydrogen (secondary N) is 1. The molecule has 1 aliphatic rings. The highest BCUT2D eigenvalue weighted by Crippen LogP contribution is 2.33. The Morgan fingerprint density at radius 3 is 2.49 bits per heavy atom. The normalized spacial score (nSPS) is 13.7. The minimum absolute atomic E-state index is 0.0354. The van der Waals surface area contributed by atoms with Gasteiger partial charge in [0.25, 0.3) is 0 Å². The number of nitrogens with two attached hydrogens (primary N) is 1. The zero-order valence-electron chi connectivity index (χ0n) is 19.7. The quantitative estimate of drug-likeness (QED) is 0.353. The first-order valence-electron chi connectivity index (χ1n) is 11.5. The summed E-state index contributed by atoms with van der Waals surface area (Å²) in [5.41, 5.74) is 5.61. The van der Waals surface area contributed by atoms with Crippen molar-refractivity contribution in [3.63, 3.8) is 0 Å². The van der Waals surface area contributed by atoms with E-state index in [2.05, 4.69) is 15.2 Å². The number of halogens is 3. The molecule has 1 aliphatic heterocycles. The number of anilines is 3. The number of hydrogen-bond donors (Lipinski definition) is 2. The van der Waals surface area contributed by atoms with Crippen molar-refractivity contribution in [3.8, 4) is 5.75 Å². The lowest BCUT2D eigenvalue weighted by atomic mass is 10.1. The van der Waals surface area contributed by atoms with Crippen molar-refractivity contribution in [2.45, 2.75) is 32.9 Å². The maximum atomic E-state index is 13.0. The molecule has 3 N–H and O–H groups in total. The number of benzene rings is 2. The molecule has 10 heteroatoms. The molecule has 2 heterocycles. The zero-order valence-corrected chi connectivity index (χ0v) is 20.5. The monoisotopic (exact) mass is 506 g/mol. The van der Waals surface area contributed by atoms with Gasteiger partial charge in [-0.25, -0.2) is 4.98 Å². The van der Waals surface area contributed by atoms with E-state index >= 15 is 0 Å². The fraction of sp³-hybridized carbons (Fsp3) is 0.360. The molecule has 188 valence electrons. The SMILES string of the molecule is CC.Nc1nc(Nc2ccc(OCCN3CCCC3)cc2)sc1C(=O)c1cccc(C(F)(F)F)c1. The van der Waals surface area contributed by atoms with E-state index in [1.54, 1.807) is 0 Å². The summed E-state index contributed by atoms with van der Waals surface area (Å²) < 4.78 is 44.7. The van der Waals surface area contributed by atoms with E-state index in [1.165, 1.54) is 25.0 Å². The van der Waals surface area contributed by atoms with Crippen LogP contribution in [0.4, 0.5) is 29.8 Å². The Kier molecular flexibility index (Phi) is 9.11. The standard InChI is InChI=1S/C23H23F3N4O2S.C2H6/c24-23(25,26)16-5-3-4-15(14-16)19(31)20-21(27)29-22(33-20)28-17-6-8-18(9-7-17)32-13-12-30-10-1-2-11-30;1-2/h3-9,14H,1-2,10-13,27H2,(H,28,29);1-2H3. The summed E-state index contributed by atoms with van der Waals surface area (Å²) in [7, 11) is 0. The van der Waals surface area contributed by atoms with Crippen LogP contribution in [-0.4, -0.2) is 41.9 Å². The molecule has 0 bridgehead atoms. The highest BCUT2D eigenvalue weighted by Gasteiger charge is 2.31. The van der Waals surface area contributed by atoms with Gasteiger partial charge in [-0.1, -0.05) is 37.3 Å². The summed E-state index contributed by atoms with van der Waals surface area (Å²) in [5.74, 6) is 0.108. The van der Waals surface area contributed by atoms with Crippen LogP contribution < -0.4 is 15.8 Å². The predicted molar refractivity (Wildman–Crippen MR) is 134 cm³/mol. The number of hydrogen-bond acceptors (Lipinski definition) is 7. The molecule has 6 nitrogen and oxygen atoms in total. The van der Waals surface area contributed by atoms with Gasteiger partial charge in [0, 0.05) is 17.8 Å². The van der Waals surface area contributed by atoms with Gasteiger partial charge >= 0.3 is 6.18 Å². The number of aromatic nitrogens is 1. The summed E-state index contributed by atoms with van der Waals surface area (Å²) in [6.45, 7) is 7.78. The highest BCUT2D eigenvalue weighted by atomic mass is 32.1. The Labute approximate surface area is 206 Å². The fourth-order valence-electron chi connectivity index (χ4n) is 3.57. The summed E-state index contributed by atoms with van der Waals surface area (Å²) in [6, 6.07) is 11.5. The minimum atomic E-state index is -4.54. The molecule has 2 aromatic carbocycles. The summed E-state index contributed by atoms with van der Waals surface area (Å²) in [6.07, 6.45) is -2.05. The number of carbonyl (C=O) groups is 1. The molecule has 0 amide bonds. The van der Waals surface area contributed by atoms with E-state index in [9.17, 15) is 18.0 Å². The number of likely N-dealkylation sites (tertiary alicyclic amines) is 1. The molecule has 35 heavy (non-hydrogen) atoms. The van der Waals surface area contributed by atoms with Crippen LogP contribution in [0.25, 0.3) is 0 Å². The lowest BCUT2D eigenvalue weighted by Crippen LogP contribution is -2.25. The Hall–Kier alpha value is -3.11. The molecular weight excluding hydrogens is 477 g/mol. The van der Waals surface area contributed by atoms with Crippen LogP contribution in [0.5, 0.6) is 5.75 Å². The zero-order chi connectivity index (χ0) is 25.4. The highest BCUT2D eigenvalue weighted by molar-refractivity contribution is 7.18. The van der Waals surface area contributed by atoms with Crippen LogP contribution in [0, 0.1) is 0 Å². The van der Waals surface area contributed by atoms with Crippen molar-refractivity contribution in [2.75, 3.05) is 37.3 Å². The van der Waals surface area contributed by atoms with Crippen LogP contribution in [0.2, 0.25) is 0 Å². The Morgan fingerprint density at radius 2 is 1.83 bits per heavy atom. The Bertz CT molecular complexity index is 1110. The molecule has 0 spiro atoms. The second-order valence-corrected chi connectivity index (χ2v) is 8.69. The molecule has 0 radical (unpaired) electrons. The molecule has 0 unspecified atom stereocenters. The topological polar surface area (TPSA) is 80.5 Å². The van der Waals surface area contributed by atoms with Crippen molar-refractivity contribution < 1.29 is 22.7 Å². The van der Waals surface area contributed by atoms with Gasteiger partial charge in [0.05, 0.1) is 5.56 Å². The summed E-state index contributed by atoms with van der Waals surface area (Å²) in [4.78, 5) is 19.3. The van der Waals surface area contributed by atoms with E-state index in [1.807, 2.05) is 38.1 Å². The van der Waals surface area contributed by atoms with Crippen LogP contribution in [0.1, 0.15) is 47.5 Å². The third kappa shape index (κ3) is 7.19. The number of ketones is 1. The smallest absolute Gasteiger partial charge is 0.416 e. The Morgan fingerprint density at radius 1 is 1.14 bits per heavy atom. The molecule has 1 aromatic heterocycles. The van der Waals surface area contributed by atoms with Crippen LogP contribution in [0.15, 0.2) is 48.5 Å². The number of alkyl halides is 3. The Balaban J connectivity index is 0.00000167. The van der Waals surface area contributed by atoms with Crippen LogP contribution in [0.3, 0.4) is 0 Å². The van der Waals surface area contributed by atoms with Crippen molar-refractivity contribution in [1.82, 2.24) is 9.88 Å². The van der Waals surface area contributed by atoms with E-state index in [-0.39, 0.29) is 16.3 Å². The molecule has 1 saturated heterocycles. The average molecular weight is 507 g/mol. The van der Waals surface area contributed by atoms with Gasteiger partial charge in [-0.15, -0.1) is 0 Å². The van der Waals surface area contributed by atoms with Crippen molar-refractivity contribution in [2.24, 2.45) is 0 Å². The second-order valence-electron chi connectivity index (χ2n) is 7.69. The van der Waals surface area contributed by atoms with Crippen molar-refractivity contribution in [1.29, 1.82) is 0 Å². The van der Waals surface area contributed by atoms with E-state index in [0.717, 1.165) is 48.9 Å². The molecule has 3 aromatic rings. The maximum Gasteiger partial charge on any atom is 0.416 e. The predicted octanol–water partition coefficient (Wildman–Crippen LogP) is 6.22. The minimum Gasteiger partial charge on any atom is -0.492 e. The molecular formula is C25H29F3N4O2S. The lowest BCUT2D eigenvalue weighted by Gasteiger charge is -2.15. The van der Waals surface area contributed by atoms with Gasteiger partial charge in [-0.2, -0.15) is 13.2 Å². The van der Waals surface area contributed by atoms with Gasteiger partial charge in [0.1, 0.15) is 23.1 Å².